The van der Waals surface area contributed by atoms with Gasteiger partial charge in [-0.3, -0.25) is 4.68 Å². The first kappa shape index (κ1) is 13.8. The third kappa shape index (κ3) is 2.42. The van der Waals surface area contributed by atoms with Crippen molar-refractivity contribution in [2.45, 2.75) is 18.8 Å². The molecular weight excluding hydrogens is 292 g/mol. The second kappa shape index (κ2) is 5.08. The van der Waals surface area contributed by atoms with E-state index >= 15 is 0 Å². The Kier molecular flexibility index (Phi) is 3.04. The summed E-state index contributed by atoms with van der Waals surface area (Å²) in [6.07, 6.45) is 4.30. The Morgan fingerprint density at radius 2 is 1.96 bits per heavy atom. The molecule has 1 N–H and O–H groups in total. The molecule has 4 rings (SSSR count). The molecule has 0 atom stereocenters. The van der Waals surface area contributed by atoms with Gasteiger partial charge in [-0.25, -0.2) is 9.48 Å². The number of carboxylic acids is 1. The lowest BCUT2D eigenvalue weighted by Gasteiger charge is -2.08. The molecule has 0 amide bonds. The number of carboxylic acid groups (broad SMARTS) is 1. The van der Waals surface area contributed by atoms with Gasteiger partial charge in [0.05, 0.1) is 11.4 Å². The number of carbonyl (C=O) groups is 1. The summed E-state index contributed by atoms with van der Waals surface area (Å²) in [6.45, 7) is 0. The molecule has 1 saturated carbocycles. The van der Waals surface area contributed by atoms with Crippen LogP contribution in [0.15, 0.2) is 42.6 Å². The fraction of sp³-hybridized carbons (Fsp3) is 0.235. The Bertz CT molecular complexity index is 872. The van der Waals surface area contributed by atoms with E-state index in [2.05, 4.69) is 16.3 Å². The maximum atomic E-state index is 11.0. The highest BCUT2D eigenvalue weighted by Crippen LogP contribution is 2.40. The number of hydrogen-bond donors (Lipinski definition) is 1. The van der Waals surface area contributed by atoms with Gasteiger partial charge in [0.1, 0.15) is 0 Å². The quantitative estimate of drug-likeness (QED) is 0.804. The van der Waals surface area contributed by atoms with Crippen LogP contribution >= 0.6 is 0 Å². The summed E-state index contributed by atoms with van der Waals surface area (Å²) in [6, 6.07) is 11.6. The lowest BCUT2D eigenvalue weighted by atomic mass is 10.1. The molecule has 1 aliphatic rings. The highest BCUT2D eigenvalue weighted by molar-refractivity contribution is 5.87. The molecule has 0 saturated heterocycles. The SMILES string of the molecule is Cn1nc(C(=O)O)cc1-c1ccc(-n2nccc2C2CC2)cc1. The van der Waals surface area contributed by atoms with Crippen molar-refractivity contribution >= 4 is 5.97 Å². The third-order valence-corrected chi connectivity index (χ3v) is 4.17. The Hall–Kier alpha value is -2.89. The van der Waals surface area contributed by atoms with Gasteiger partial charge in [0, 0.05) is 24.9 Å². The number of hydrogen-bond acceptors (Lipinski definition) is 3. The van der Waals surface area contributed by atoms with Crippen molar-refractivity contribution in [3.63, 3.8) is 0 Å². The largest absolute Gasteiger partial charge is 0.476 e. The number of aromatic carboxylic acids is 1. The van der Waals surface area contributed by atoms with Crippen LogP contribution in [0.25, 0.3) is 16.9 Å². The first-order chi connectivity index (χ1) is 11.1. The molecule has 0 spiro atoms. The van der Waals surface area contributed by atoms with Crippen molar-refractivity contribution in [2.75, 3.05) is 0 Å². The van der Waals surface area contributed by atoms with Gasteiger partial charge < -0.3 is 5.11 Å². The monoisotopic (exact) mass is 308 g/mol. The minimum Gasteiger partial charge on any atom is -0.476 e. The minimum absolute atomic E-state index is 0.0506. The molecule has 3 aromatic rings. The second-order valence-electron chi connectivity index (χ2n) is 5.83. The molecule has 2 aromatic heterocycles. The summed E-state index contributed by atoms with van der Waals surface area (Å²) in [5, 5.41) is 17.5. The smallest absolute Gasteiger partial charge is 0.356 e. The summed E-state index contributed by atoms with van der Waals surface area (Å²) >= 11 is 0. The highest BCUT2D eigenvalue weighted by atomic mass is 16.4. The van der Waals surface area contributed by atoms with Gasteiger partial charge in [0.2, 0.25) is 0 Å². The lowest BCUT2D eigenvalue weighted by molar-refractivity contribution is 0.0689. The molecule has 1 aromatic carbocycles. The number of nitrogens with zero attached hydrogens (tertiary/aromatic N) is 4. The van der Waals surface area contributed by atoms with Crippen molar-refractivity contribution in [3.8, 4) is 16.9 Å². The number of aryl methyl sites for hydroxylation is 1. The summed E-state index contributed by atoms with van der Waals surface area (Å²) < 4.78 is 3.56. The van der Waals surface area contributed by atoms with E-state index in [1.807, 2.05) is 35.1 Å². The Balaban J connectivity index is 1.68. The molecule has 0 unspecified atom stereocenters. The zero-order chi connectivity index (χ0) is 16.0. The van der Waals surface area contributed by atoms with Gasteiger partial charge in [-0.1, -0.05) is 12.1 Å². The fourth-order valence-corrected chi connectivity index (χ4v) is 2.83. The normalized spacial score (nSPS) is 14.1. The molecule has 0 bridgehead atoms. The van der Waals surface area contributed by atoms with Crippen LogP contribution in [0, 0.1) is 0 Å². The van der Waals surface area contributed by atoms with Crippen LogP contribution in [0.2, 0.25) is 0 Å². The molecule has 23 heavy (non-hydrogen) atoms. The number of rotatable bonds is 4. The van der Waals surface area contributed by atoms with Gasteiger partial charge >= 0.3 is 5.97 Å². The van der Waals surface area contributed by atoms with Gasteiger partial charge in [0.15, 0.2) is 5.69 Å². The molecule has 6 heteroatoms. The van der Waals surface area contributed by atoms with Crippen molar-refractivity contribution < 1.29 is 9.90 Å². The average molecular weight is 308 g/mol. The average Bonchev–Trinajstić information content (AvgIpc) is 3.13. The van der Waals surface area contributed by atoms with Crippen LogP contribution in [0.3, 0.4) is 0 Å². The zero-order valence-electron chi connectivity index (χ0n) is 12.7. The predicted molar refractivity (Wildman–Crippen MR) is 84.7 cm³/mol. The van der Waals surface area contributed by atoms with E-state index in [0.717, 1.165) is 16.9 Å². The molecule has 1 aliphatic carbocycles. The Morgan fingerprint density at radius 3 is 2.57 bits per heavy atom. The number of aromatic nitrogens is 4. The molecule has 0 radical (unpaired) electrons. The van der Waals surface area contributed by atoms with Gasteiger partial charge in [-0.2, -0.15) is 10.2 Å². The molecule has 6 nitrogen and oxygen atoms in total. The van der Waals surface area contributed by atoms with Gasteiger partial charge in [0.25, 0.3) is 0 Å². The van der Waals surface area contributed by atoms with Crippen LogP contribution in [0.4, 0.5) is 0 Å². The van der Waals surface area contributed by atoms with Gasteiger partial charge in [-0.15, -0.1) is 0 Å². The van der Waals surface area contributed by atoms with Crippen molar-refractivity contribution in [1.82, 2.24) is 19.6 Å². The van der Waals surface area contributed by atoms with Crippen molar-refractivity contribution in [2.24, 2.45) is 7.05 Å². The maximum absolute atomic E-state index is 11.0. The maximum Gasteiger partial charge on any atom is 0.356 e. The summed E-state index contributed by atoms with van der Waals surface area (Å²) in [5.41, 5.74) is 4.02. The van der Waals surface area contributed by atoms with E-state index in [9.17, 15) is 4.79 Å². The molecule has 1 fully saturated rings. The van der Waals surface area contributed by atoms with E-state index in [-0.39, 0.29) is 5.69 Å². The summed E-state index contributed by atoms with van der Waals surface area (Å²) in [5.74, 6) is -0.388. The Labute approximate surface area is 133 Å². The zero-order valence-corrected chi connectivity index (χ0v) is 12.7. The van der Waals surface area contributed by atoms with Crippen LogP contribution in [-0.2, 0) is 7.05 Å². The van der Waals surface area contributed by atoms with Gasteiger partial charge in [-0.05, 0) is 42.7 Å². The van der Waals surface area contributed by atoms with Crippen LogP contribution < -0.4 is 0 Å². The second-order valence-corrected chi connectivity index (χ2v) is 5.83. The van der Waals surface area contributed by atoms with E-state index < -0.39 is 5.97 Å². The van der Waals surface area contributed by atoms with E-state index in [1.165, 1.54) is 18.5 Å². The van der Waals surface area contributed by atoms with Crippen molar-refractivity contribution in [3.05, 3.63) is 54.0 Å². The third-order valence-electron chi connectivity index (χ3n) is 4.17. The van der Waals surface area contributed by atoms with Crippen LogP contribution in [0.1, 0.15) is 34.9 Å². The van der Waals surface area contributed by atoms with E-state index in [0.29, 0.717) is 5.92 Å². The summed E-state index contributed by atoms with van der Waals surface area (Å²) in [4.78, 5) is 11.0. The van der Waals surface area contributed by atoms with E-state index in [1.54, 1.807) is 17.8 Å². The standard InChI is InChI=1S/C17H16N4O2/c1-20-16(10-14(19-20)17(22)23)12-4-6-13(7-5-12)21-15(8-9-18-21)11-2-3-11/h4-11H,2-3H2,1H3,(H,22,23). The topological polar surface area (TPSA) is 72.9 Å². The molecule has 0 aliphatic heterocycles. The van der Waals surface area contributed by atoms with Crippen LogP contribution in [-0.4, -0.2) is 30.6 Å². The highest BCUT2D eigenvalue weighted by Gasteiger charge is 2.27. The first-order valence-electron chi connectivity index (χ1n) is 7.55. The minimum atomic E-state index is -1.02. The van der Waals surface area contributed by atoms with Crippen LogP contribution in [0.5, 0.6) is 0 Å². The first-order valence-corrected chi connectivity index (χ1v) is 7.55. The Morgan fingerprint density at radius 1 is 1.22 bits per heavy atom. The molecule has 2 heterocycles. The predicted octanol–water partition coefficient (Wildman–Crippen LogP) is 2.85. The number of benzene rings is 1. The molecule has 116 valence electrons. The van der Waals surface area contributed by atoms with Crippen molar-refractivity contribution in [1.29, 1.82) is 0 Å². The fourth-order valence-electron chi connectivity index (χ4n) is 2.83. The van der Waals surface area contributed by atoms with E-state index in [4.69, 9.17) is 5.11 Å². The summed E-state index contributed by atoms with van der Waals surface area (Å²) in [7, 11) is 1.74. The molecular formula is C17H16N4O2. The lowest BCUT2D eigenvalue weighted by Crippen LogP contribution is -2.01.